The highest BCUT2D eigenvalue weighted by molar-refractivity contribution is 7.89. The van der Waals surface area contributed by atoms with Gasteiger partial charge in [0.05, 0.1) is 18.0 Å². The van der Waals surface area contributed by atoms with E-state index in [-0.39, 0.29) is 74.4 Å². The van der Waals surface area contributed by atoms with Crippen molar-refractivity contribution in [2.24, 2.45) is 5.92 Å². The van der Waals surface area contributed by atoms with Crippen LogP contribution < -0.4 is 25.4 Å². The zero-order valence-corrected chi connectivity index (χ0v) is 27.5. The summed E-state index contributed by atoms with van der Waals surface area (Å²) >= 11 is 0. The first-order valence-electron chi connectivity index (χ1n) is 15.4. The molecule has 1 aliphatic rings. The second kappa shape index (κ2) is 17.5. The summed E-state index contributed by atoms with van der Waals surface area (Å²) in [6.45, 7) is 7.07. The molecule has 1 aliphatic heterocycles. The van der Waals surface area contributed by atoms with E-state index in [1.807, 2.05) is 51.1 Å². The van der Waals surface area contributed by atoms with Crippen molar-refractivity contribution in [3.63, 3.8) is 0 Å². The van der Waals surface area contributed by atoms with Gasteiger partial charge in [0.25, 0.3) is 0 Å². The van der Waals surface area contributed by atoms with Gasteiger partial charge in [-0.1, -0.05) is 44.2 Å². The van der Waals surface area contributed by atoms with E-state index < -0.39 is 15.7 Å². The molecule has 2 unspecified atom stereocenters. The lowest BCUT2D eigenvalue weighted by molar-refractivity contribution is -0.122. The summed E-state index contributed by atoms with van der Waals surface area (Å²) in [6.07, 6.45) is 1.39. The summed E-state index contributed by atoms with van der Waals surface area (Å²) in [6, 6.07) is 13.5. The van der Waals surface area contributed by atoms with Crippen molar-refractivity contribution in [2.45, 2.75) is 69.5 Å². The fourth-order valence-electron chi connectivity index (χ4n) is 5.05. The summed E-state index contributed by atoms with van der Waals surface area (Å²) in [5.74, 6) is 0.341. The van der Waals surface area contributed by atoms with Crippen LogP contribution >= 0.6 is 0 Å². The van der Waals surface area contributed by atoms with Crippen LogP contribution in [0.5, 0.6) is 11.5 Å². The molecule has 1 heterocycles. The van der Waals surface area contributed by atoms with Crippen LogP contribution in [0.15, 0.2) is 53.4 Å². The maximum Gasteiger partial charge on any atom is 0.245 e. The van der Waals surface area contributed by atoms with Gasteiger partial charge in [0.2, 0.25) is 28.6 Å². The third kappa shape index (κ3) is 11.3. The number of benzene rings is 2. The molecule has 0 aliphatic carbocycles. The lowest BCUT2D eigenvalue weighted by Crippen LogP contribution is -2.55. The number of ether oxygens (including phenoxy) is 3. The fraction of sp³-hybridized carbons (Fsp3) is 0.562. The van der Waals surface area contributed by atoms with Gasteiger partial charge in [-0.3, -0.25) is 9.59 Å². The number of nitrogens with zero attached hydrogens (tertiary/aromatic N) is 1. The molecule has 2 amide bonds. The Morgan fingerprint density at radius 1 is 1.04 bits per heavy atom. The molecular formula is C32H48N4O8S. The number of hydrogen-bond donors (Lipinski definition) is 4. The van der Waals surface area contributed by atoms with Gasteiger partial charge in [-0.2, -0.15) is 4.31 Å². The summed E-state index contributed by atoms with van der Waals surface area (Å²) in [4.78, 5) is 24.7. The SMILES string of the molecule is COCCNCC(=O)NC(C)CCCC(=O)NCCC(O)(Cc1ccccc1)N(CC(C)C)S(=O)(=O)c1ccc2c(c1)OCO2. The molecule has 2 aromatic carbocycles. The van der Waals surface area contributed by atoms with Crippen molar-refractivity contribution in [3.8, 4) is 11.5 Å². The van der Waals surface area contributed by atoms with Crippen molar-refractivity contribution >= 4 is 21.8 Å². The Bertz CT molecular complexity index is 1340. The molecule has 0 saturated heterocycles. The van der Waals surface area contributed by atoms with E-state index >= 15 is 0 Å². The van der Waals surface area contributed by atoms with E-state index in [0.717, 1.165) is 9.87 Å². The Hall–Kier alpha value is -3.23. The molecule has 0 radical (unpaired) electrons. The van der Waals surface area contributed by atoms with Crippen LogP contribution in [0.1, 0.15) is 52.0 Å². The van der Waals surface area contributed by atoms with E-state index in [1.54, 1.807) is 13.2 Å². The molecule has 0 bridgehead atoms. The predicted molar refractivity (Wildman–Crippen MR) is 170 cm³/mol. The molecule has 45 heavy (non-hydrogen) atoms. The molecule has 2 atom stereocenters. The molecule has 3 rings (SSSR count). The van der Waals surface area contributed by atoms with Crippen molar-refractivity contribution in [3.05, 3.63) is 54.1 Å². The molecule has 13 heteroatoms. The molecule has 0 fully saturated rings. The minimum atomic E-state index is -4.20. The largest absolute Gasteiger partial charge is 0.454 e. The third-order valence-electron chi connectivity index (χ3n) is 7.32. The zero-order valence-electron chi connectivity index (χ0n) is 26.7. The van der Waals surface area contributed by atoms with E-state index in [9.17, 15) is 23.1 Å². The quantitative estimate of drug-likeness (QED) is 0.125. The molecule has 0 spiro atoms. The summed E-state index contributed by atoms with van der Waals surface area (Å²) in [7, 11) is -2.60. The number of carbonyl (C=O) groups is 2. The standard InChI is InChI=1S/C32H48N4O8S/c1-24(2)22-36(45(40,41)27-13-14-28-29(19-27)44-23-43-28)32(39,20-26-10-6-5-7-11-26)15-16-34-30(37)12-8-9-25(3)35-31(38)21-33-17-18-42-4/h5-7,10-11,13-14,19,24-25,33,39H,8-9,12,15-18,20-23H2,1-4H3,(H,34,37)(H,35,38). The minimum absolute atomic E-state index is 0.00648. The highest BCUT2D eigenvalue weighted by Gasteiger charge is 2.43. The Morgan fingerprint density at radius 3 is 2.49 bits per heavy atom. The smallest absolute Gasteiger partial charge is 0.245 e. The van der Waals surface area contributed by atoms with E-state index in [0.29, 0.717) is 37.5 Å². The second-order valence-electron chi connectivity index (χ2n) is 11.7. The number of nitrogens with one attached hydrogen (secondary N) is 3. The zero-order chi connectivity index (χ0) is 32.9. The number of rotatable bonds is 20. The molecule has 2 aromatic rings. The fourth-order valence-corrected chi connectivity index (χ4v) is 6.89. The van der Waals surface area contributed by atoms with Gasteiger partial charge in [0, 0.05) is 58.1 Å². The average Bonchev–Trinajstić information content (AvgIpc) is 3.47. The Morgan fingerprint density at radius 2 is 1.78 bits per heavy atom. The van der Waals surface area contributed by atoms with Crippen LogP contribution in [-0.4, -0.2) is 88.1 Å². The maximum atomic E-state index is 14.1. The lowest BCUT2D eigenvalue weighted by Gasteiger charge is -2.40. The Labute approximate surface area is 266 Å². The highest BCUT2D eigenvalue weighted by atomic mass is 32.2. The number of amides is 2. The normalized spacial score (nSPS) is 14.7. The van der Waals surface area contributed by atoms with E-state index in [1.165, 1.54) is 12.1 Å². The Balaban J connectivity index is 1.65. The topological polar surface area (TPSA) is 156 Å². The van der Waals surface area contributed by atoms with Crippen molar-refractivity contribution in [1.82, 2.24) is 20.3 Å². The monoisotopic (exact) mass is 648 g/mol. The summed E-state index contributed by atoms with van der Waals surface area (Å²) in [5.41, 5.74) is -1.09. The van der Waals surface area contributed by atoms with Gasteiger partial charge < -0.3 is 35.3 Å². The van der Waals surface area contributed by atoms with Crippen LogP contribution in [-0.2, 0) is 30.8 Å². The minimum Gasteiger partial charge on any atom is -0.454 e. The van der Waals surface area contributed by atoms with Gasteiger partial charge in [-0.15, -0.1) is 0 Å². The van der Waals surface area contributed by atoms with E-state index in [4.69, 9.17) is 14.2 Å². The van der Waals surface area contributed by atoms with Gasteiger partial charge >= 0.3 is 0 Å². The average molecular weight is 649 g/mol. The number of aliphatic hydroxyl groups is 1. The number of sulfonamides is 1. The number of methoxy groups -OCH3 is 1. The first kappa shape index (κ1) is 36.2. The van der Waals surface area contributed by atoms with Gasteiger partial charge in [-0.05, 0) is 43.4 Å². The number of fused-ring (bicyclic) bond motifs is 1. The van der Waals surface area contributed by atoms with Crippen molar-refractivity contribution in [1.29, 1.82) is 0 Å². The summed E-state index contributed by atoms with van der Waals surface area (Å²) < 4.78 is 45.1. The second-order valence-corrected chi connectivity index (χ2v) is 13.6. The van der Waals surface area contributed by atoms with Crippen molar-refractivity contribution in [2.75, 3.05) is 46.7 Å². The van der Waals surface area contributed by atoms with Crippen LogP contribution in [0.4, 0.5) is 0 Å². The number of hydrogen-bond acceptors (Lipinski definition) is 9. The predicted octanol–water partition coefficient (Wildman–Crippen LogP) is 2.41. The van der Waals surface area contributed by atoms with Crippen LogP contribution in [0, 0.1) is 5.92 Å². The maximum absolute atomic E-state index is 14.1. The lowest BCUT2D eigenvalue weighted by atomic mass is 9.98. The van der Waals surface area contributed by atoms with Gasteiger partial charge in [0.1, 0.15) is 5.72 Å². The molecule has 0 saturated carbocycles. The molecule has 250 valence electrons. The molecule has 0 aromatic heterocycles. The Kier molecular flexibility index (Phi) is 14.1. The van der Waals surface area contributed by atoms with Crippen LogP contribution in [0.25, 0.3) is 0 Å². The molecule has 12 nitrogen and oxygen atoms in total. The van der Waals surface area contributed by atoms with E-state index in [2.05, 4.69) is 16.0 Å². The highest BCUT2D eigenvalue weighted by Crippen LogP contribution is 2.37. The first-order chi connectivity index (χ1) is 21.4. The summed E-state index contributed by atoms with van der Waals surface area (Å²) in [5, 5.41) is 20.9. The van der Waals surface area contributed by atoms with Crippen molar-refractivity contribution < 1.29 is 37.3 Å². The molecule has 4 N–H and O–H groups in total. The van der Waals surface area contributed by atoms with Crippen LogP contribution in [0.3, 0.4) is 0 Å². The van der Waals surface area contributed by atoms with Gasteiger partial charge in [0.15, 0.2) is 11.5 Å². The first-order valence-corrected chi connectivity index (χ1v) is 16.8. The van der Waals surface area contributed by atoms with Crippen LogP contribution in [0.2, 0.25) is 0 Å². The molecular weight excluding hydrogens is 600 g/mol. The van der Waals surface area contributed by atoms with Gasteiger partial charge in [-0.25, -0.2) is 8.42 Å². The number of carbonyl (C=O) groups excluding carboxylic acids is 2. The third-order valence-corrected chi connectivity index (χ3v) is 9.24.